The molecule has 1 aliphatic rings. The molecule has 0 unspecified atom stereocenters. The number of carbonyl (C=O) groups excluding carboxylic acids is 2. The van der Waals surface area contributed by atoms with Gasteiger partial charge in [0.15, 0.2) is 11.5 Å². The number of benzene rings is 4. The number of rotatable bonds is 14. The van der Waals surface area contributed by atoms with Gasteiger partial charge in [0.25, 0.3) is 10.0 Å². The summed E-state index contributed by atoms with van der Waals surface area (Å²) in [5, 5.41) is 3.12. The van der Waals surface area contributed by atoms with Crippen molar-refractivity contribution in [2.24, 2.45) is 0 Å². The lowest BCUT2D eigenvalue weighted by molar-refractivity contribution is -0.140. The Morgan fingerprint density at radius 2 is 1.53 bits per heavy atom. The maximum absolute atomic E-state index is 15.2. The van der Waals surface area contributed by atoms with Crippen LogP contribution in [0.1, 0.15) is 42.4 Å². The van der Waals surface area contributed by atoms with Gasteiger partial charge in [0, 0.05) is 30.6 Å². The molecule has 1 atom stereocenters. The first-order valence-corrected chi connectivity index (χ1v) is 17.7. The Bertz CT molecular complexity index is 1850. The van der Waals surface area contributed by atoms with Crippen molar-refractivity contribution in [1.29, 1.82) is 0 Å². The van der Waals surface area contributed by atoms with Crippen molar-refractivity contribution in [2.45, 2.75) is 62.6 Å². The molecule has 1 aliphatic carbocycles. The predicted octanol–water partition coefficient (Wildman–Crippen LogP) is 6.05. The van der Waals surface area contributed by atoms with Crippen LogP contribution in [0, 0.1) is 12.7 Å². The highest BCUT2D eigenvalue weighted by Crippen LogP contribution is 2.33. The second-order valence-electron chi connectivity index (χ2n) is 12.2. The summed E-state index contributed by atoms with van der Waals surface area (Å²) in [4.78, 5) is 29.9. The first-order chi connectivity index (χ1) is 23.6. The van der Waals surface area contributed by atoms with Gasteiger partial charge >= 0.3 is 0 Å². The number of hydrogen-bond acceptors (Lipinski definition) is 6. The molecule has 11 heteroatoms. The lowest BCUT2D eigenvalue weighted by atomic mass is 10.0. The summed E-state index contributed by atoms with van der Waals surface area (Å²) in [7, 11) is -1.53. The lowest BCUT2D eigenvalue weighted by Gasteiger charge is -2.34. The first-order valence-electron chi connectivity index (χ1n) is 16.3. The van der Waals surface area contributed by atoms with Crippen LogP contribution in [0.5, 0.6) is 11.5 Å². The summed E-state index contributed by atoms with van der Waals surface area (Å²) in [5.41, 5.74) is 2.14. The number of ether oxygens (including phenoxy) is 2. The molecule has 4 aromatic carbocycles. The Balaban J connectivity index is 1.59. The minimum absolute atomic E-state index is 0.0364. The molecule has 5 rings (SSSR count). The van der Waals surface area contributed by atoms with Gasteiger partial charge in [0.1, 0.15) is 18.4 Å². The van der Waals surface area contributed by atoms with E-state index in [2.05, 4.69) is 5.32 Å². The fourth-order valence-corrected chi connectivity index (χ4v) is 7.51. The Kier molecular flexibility index (Phi) is 11.6. The zero-order chi connectivity index (χ0) is 35.0. The van der Waals surface area contributed by atoms with Crippen molar-refractivity contribution in [1.82, 2.24) is 10.2 Å². The van der Waals surface area contributed by atoms with Crippen molar-refractivity contribution in [3.05, 3.63) is 120 Å². The molecule has 0 bridgehead atoms. The van der Waals surface area contributed by atoms with Crippen LogP contribution in [-0.4, -0.2) is 58.0 Å². The normalized spacial score (nSPS) is 13.8. The van der Waals surface area contributed by atoms with Crippen LogP contribution in [0.4, 0.5) is 10.1 Å². The van der Waals surface area contributed by atoms with Crippen LogP contribution in [-0.2, 0) is 32.6 Å². The van der Waals surface area contributed by atoms with Crippen LogP contribution < -0.4 is 19.1 Å². The summed E-state index contributed by atoms with van der Waals surface area (Å²) in [5.74, 6) is -1.04. The van der Waals surface area contributed by atoms with E-state index in [-0.39, 0.29) is 46.8 Å². The Labute approximate surface area is 287 Å². The number of amides is 2. The largest absolute Gasteiger partial charge is 0.493 e. The van der Waals surface area contributed by atoms with Gasteiger partial charge in [-0.25, -0.2) is 12.8 Å². The van der Waals surface area contributed by atoms with Crippen LogP contribution in [0.25, 0.3) is 0 Å². The maximum atomic E-state index is 15.2. The standard InChI is InChI=1S/C38H42FN3O6S/c1-27-17-19-31(20-18-27)42(49(45,46)32-21-22-35(47-2)36(24-32)48-3)26-37(43)41(25-29-13-7-10-16-33(29)39)34(23-28-11-5-4-6-12-28)38(44)40-30-14-8-9-15-30/h4-7,10-13,16-22,24,30,34H,8-9,14-15,23,25-26H2,1-3H3,(H,40,44)/t34-/m1/s1. The van der Waals surface area contributed by atoms with E-state index in [0.29, 0.717) is 5.75 Å². The third-order valence-corrected chi connectivity index (χ3v) is 10.6. The van der Waals surface area contributed by atoms with Gasteiger partial charge in [0.2, 0.25) is 11.8 Å². The smallest absolute Gasteiger partial charge is 0.264 e. The highest BCUT2D eigenvalue weighted by Gasteiger charge is 2.36. The quantitative estimate of drug-likeness (QED) is 0.173. The van der Waals surface area contributed by atoms with Crippen LogP contribution in [0.15, 0.2) is 102 Å². The molecule has 2 amide bonds. The number of aryl methyl sites for hydroxylation is 1. The van der Waals surface area contributed by atoms with Gasteiger partial charge < -0.3 is 19.7 Å². The number of anilines is 1. The molecule has 1 N–H and O–H groups in total. The van der Waals surface area contributed by atoms with E-state index in [1.807, 2.05) is 37.3 Å². The van der Waals surface area contributed by atoms with E-state index in [1.54, 1.807) is 42.5 Å². The summed E-state index contributed by atoms with van der Waals surface area (Å²) < 4.78 is 55.7. The van der Waals surface area contributed by atoms with Crippen LogP contribution >= 0.6 is 0 Å². The molecule has 0 saturated heterocycles. The van der Waals surface area contributed by atoms with Gasteiger partial charge in [-0.3, -0.25) is 13.9 Å². The summed E-state index contributed by atoms with van der Waals surface area (Å²) in [6.45, 7) is 0.963. The minimum Gasteiger partial charge on any atom is -0.493 e. The number of hydrogen-bond donors (Lipinski definition) is 1. The third kappa shape index (κ3) is 8.58. The molecule has 4 aromatic rings. The Morgan fingerprint density at radius 1 is 0.878 bits per heavy atom. The molecular formula is C38H42FN3O6S. The van der Waals surface area contributed by atoms with E-state index >= 15 is 4.39 Å². The van der Waals surface area contributed by atoms with Crippen molar-refractivity contribution in [3.8, 4) is 11.5 Å². The zero-order valence-electron chi connectivity index (χ0n) is 28.0. The van der Waals surface area contributed by atoms with Crippen LogP contribution in [0.2, 0.25) is 0 Å². The molecule has 258 valence electrons. The van der Waals surface area contributed by atoms with E-state index in [0.717, 1.165) is 41.1 Å². The van der Waals surface area contributed by atoms with Crippen molar-refractivity contribution < 1.29 is 31.9 Å². The number of methoxy groups -OCH3 is 2. The molecule has 0 aromatic heterocycles. The van der Waals surface area contributed by atoms with Crippen molar-refractivity contribution in [3.63, 3.8) is 0 Å². The average Bonchev–Trinajstić information content (AvgIpc) is 3.63. The molecule has 49 heavy (non-hydrogen) atoms. The lowest BCUT2D eigenvalue weighted by Crippen LogP contribution is -2.54. The minimum atomic E-state index is -4.38. The number of nitrogens with zero attached hydrogens (tertiary/aromatic N) is 2. The molecule has 9 nitrogen and oxygen atoms in total. The van der Waals surface area contributed by atoms with Gasteiger partial charge in [0.05, 0.1) is 24.8 Å². The number of carbonyl (C=O) groups is 2. The fraction of sp³-hybridized carbons (Fsp3) is 0.316. The predicted molar refractivity (Wildman–Crippen MR) is 187 cm³/mol. The summed E-state index contributed by atoms with van der Waals surface area (Å²) in [6, 6.07) is 25.2. The zero-order valence-corrected chi connectivity index (χ0v) is 28.8. The molecule has 0 spiro atoms. The number of halogens is 1. The second-order valence-corrected chi connectivity index (χ2v) is 14.0. The third-order valence-electron chi connectivity index (χ3n) is 8.81. The topological polar surface area (TPSA) is 105 Å². The Morgan fingerprint density at radius 3 is 2.18 bits per heavy atom. The molecule has 0 radical (unpaired) electrons. The molecular weight excluding hydrogens is 645 g/mol. The van der Waals surface area contributed by atoms with Crippen molar-refractivity contribution in [2.75, 3.05) is 25.1 Å². The second kappa shape index (κ2) is 16.0. The SMILES string of the molecule is COc1ccc(S(=O)(=O)N(CC(=O)N(Cc2ccccc2F)[C@H](Cc2ccccc2)C(=O)NC2CCCC2)c2ccc(C)cc2)cc1OC. The monoisotopic (exact) mass is 687 g/mol. The highest BCUT2D eigenvalue weighted by atomic mass is 32.2. The van der Waals surface area contributed by atoms with E-state index < -0.39 is 34.3 Å². The molecule has 1 fully saturated rings. The van der Waals surface area contributed by atoms with Crippen LogP contribution in [0.3, 0.4) is 0 Å². The van der Waals surface area contributed by atoms with Gasteiger partial charge in [-0.15, -0.1) is 0 Å². The number of sulfonamides is 1. The summed E-state index contributed by atoms with van der Waals surface area (Å²) in [6.07, 6.45) is 3.79. The molecule has 0 heterocycles. The van der Waals surface area contributed by atoms with Crippen molar-refractivity contribution >= 4 is 27.5 Å². The fourth-order valence-electron chi connectivity index (χ4n) is 6.08. The average molecular weight is 688 g/mol. The number of nitrogens with one attached hydrogen (secondary N) is 1. The van der Waals surface area contributed by atoms with Gasteiger partial charge in [-0.2, -0.15) is 0 Å². The van der Waals surface area contributed by atoms with Gasteiger partial charge in [-0.05, 0) is 55.7 Å². The van der Waals surface area contributed by atoms with E-state index in [9.17, 15) is 18.0 Å². The highest BCUT2D eigenvalue weighted by molar-refractivity contribution is 7.92. The van der Waals surface area contributed by atoms with E-state index in [1.165, 1.54) is 43.4 Å². The molecule has 1 saturated carbocycles. The summed E-state index contributed by atoms with van der Waals surface area (Å²) >= 11 is 0. The van der Waals surface area contributed by atoms with E-state index in [4.69, 9.17) is 9.47 Å². The Hall–Kier alpha value is -4.90. The maximum Gasteiger partial charge on any atom is 0.264 e. The first kappa shape index (κ1) is 35.4. The molecule has 0 aliphatic heterocycles. The van der Waals surface area contributed by atoms with Gasteiger partial charge in [-0.1, -0.05) is 79.1 Å².